The third kappa shape index (κ3) is 3.54. The molecule has 0 saturated heterocycles. The SMILES string of the molecule is Cc1ccc(C2=Nc3ccccc3N=C(N(C)c3ccccc3C)C2)cc1. The zero-order valence-electron chi connectivity index (χ0n) is 16.0. The van der Waals surface area contributed by atoms with E-state index >= 15 is 0 Å². The van der Waals surface area contributed by atoms with Crippen molar-refractivity contribution in [2.24, 2.45) is 9.98 Å². The van der Waals surface area contributed by atoms with Crippen LogP contribution in [0.25, 0.3) is 0 Å². The highest BCUT2D eigenvalue weighted by molar-refractivity contribution is 6.18. The quantitative estimate of drug-likeness (QED) is 0.556. The standard InChI is InChI=1S/C24H23N3/c1-17-12-14-19(15-13-17)22-16-24(26-21-10-6-5-9-20(21)25-22)27(3)23-11-7-4-8-18(23)2/h4-15H,16H2,1-3H3. The normalized spacial score (nSPS) is 13.3. The number of nitrogens with zero attached hydrogens (tertiary/aromatic N) is 3. The van der Waals surface area contributed by atoms with Crippen molar-refractivity contribution in [3.63, 3.8) is 0 Å². The van der Waals surface area contributed by atoms with E-state index in [4.69, 9.17) is 9.98 Å². The minimum atomic E-state index is 0.683. The molecule has 0 atom stereocenters. The van der Waals surface area contributed by atoms with Crippen molar-refractivity contribution in [3.05, 3.63) is 89.5 Å². The van der Waals surface area contributed by atoms with Gasteiger partial charge < -0.3 is 4.90 Å². The molecule has 1 heterocycles. The summed E-state index contributed by atoms with van der Waals surface area (Å²) >= 11 is 0. The lowest BCUT2D eigenvalue weighted by Crippen LogP contribution is -2.29. The fourth-order valence-electron chi connectivity index (χ4n) is 3.35. The Morgan fingerprint density at radius 1 is 0.741 bits per heavy atom. The Labute approximate surface area is 160 Å². The van der Waals surface area contributed by atoms with Gasteiger partial charge in [-0.05, 0) is 43.2 Å². The lowest BCUT2D eigenvalue weighted by Gasteiger charge is -2.23. The van der Waals surface area contributed by atoms with Crippen molar-refractivity contribution in [3.8, 4) is 0 Å². The van der Waals surface area contributed by atoms with Crippen LogP contribution in [-0.2, 0) is 0 Å². The first-order valence-electron chi connectivity index (χ1n) is 9.22. The summed E-state index contributed by atoms with van der Waals surface area (Å²) in [5, 5.41) is 0. The number of amidine groups is 1. The highest BCUT2D eigenvalue weighted by Crippen LogP contribution is 2.33. The minimum Gasteiger partial charge on any atom is -0.332 e. The van der Waals surface area contributed by atoms with Gasteiger partial charge in [0.15, 0.2) is 0 Å². The monoisotopic (exact) mass is 353 g/mol. The highest BCUT2D eigenvalue weighted by Gasteiger charge is 2.19. The van der Waals surface area contributed by atoms with Gasteiger partial charge in [0.2, 0.25) is 0 Å². The molecule has 3 aromatic carbocycles. The van der Waals surface area contributed by atoms with Crippen LogP contribution in [0.15, 0.2) is 82.8 Å². The predicted molar refractivity (Wildman–Crippen MR) is 115 cm³/mol. The van der Waals surface area contributed by atoms with Crippen molar-refractivity contribution in [1.29, 1.82) is 0 Å². The van der Waals surface area contributed by atoms with E-state index in [9.17, 15) is 0 Å². The Morgan fingerprint density at radius 2 is 1.37 bits per heavy atom. The lowest BCUT2D eigenvalue weighted by atomic mass is 10.0. The first-order chi connectivity index (χ1) is 13.1. The summed E-state index contributed by atoms with van der Waals surface area (Å²) in [5.74, 6) is 0.994. The Morgan fingerprint density at radius 3 is 2.07 bits per heavy atom. The van der Waals surface area contributed by atoms with Gasteiger partial charge in [-0.25, -0.2) is 4.99 Å². The van der Waals surface area contributed by atoms with Crippen LogP contribution >= 0.6 is 0 Å². The molecular formula is C24H23N3. The molecule has 0 bridgehead atoms. The average Bonchev–Trinajstić information content (AvgIpc) is 2.88. The van der Waals surface area contributed by atoms with E-state index in [-0.39, 0.29) is 0 Å². The number of anilines is 1. The van der Waals surface area contributed by atoms with Gasteiger partial charge in [0.1, 0.15) is 5.84 Å². The molecule has 0 fully saturated rings. The van der Waals surface area contributed by atoms with Gasteiger partial charge in [0.25, 0.3) is 0 Å². The zero-order chi connectivity index (χ0) is 18.8. The van der Waals surface area contributed by atoms with Crippen LogP contribution in [-0.4, -0.2) is 18.6 Å². The van der Waals surface area contributed by atoms with Crippen molar-refractivity contribution < 1.29 is 0 Å². The minimum absolute atomic E-state index is 0.683. The van der Waals surface area contributed by atoms with Crippen molar-refractivity contribution in [2.75, 3.05) is 11.9 Å². The molecule has 27 heavy (non-hydrogen) atoms. The molecule has 0 saturated carbocycles. The van der Waals surface area contributed by atoms with E-state index in [2.05, 4.69) is 74.3 Å². The molecule has 0 N–H and O–H groups in total. The number of rotatable bonds is 2. The number of para-hydroxylation sites is 3. The summed E-state index contributed by atoms with van der Waals surface area (Å²) in [6, 6.07) is 25.1. The van der Waals surface area contributed by atoms with Crippen molar-refractivity contribution in [2.45, 2.75) is 20.3 Å². The maximum Gasteiger partial charge on any atom is 0.115 e. The summed E-state index contributed by atoms with van der Waals surface area (Å²) in [5.41, 5.74) is 7.66. The maximum absolute atomic E-state index is 4.98. The van der Waals surface area contributed by atoms with Crippen LogP contribution in [0, 0.1) is 13.8 Å². The van der Waals surface area contributed by atoms with Gasteiger partial charge in [-0.2, -0.15) is 0 Å². The Kier molecular flexibility index (Phi) is 4.59. The third-order valence-electron chi connectivity index (χ3n) is 4.96. The second-order valence-corrected chi connectivity index (χ2v) is 6.96. The molecule has 3 heteroatoms. The van der Waals surface area contributed by atoms with Crippen LogP contribution in [0.3, 0.4) is 0 Å². The highest BCUT2D eigenvalue weighted by atomic mass is 15.2. The molecule has 3 nitrogen and oxygen atoms in total. The van der Waals surface area contributed by atoms with Crippen LogP contribution in [0.2, 0.25) is 0 Å². The van der Waals surface area contributed by atoms with Gasteiger partial charge in [-0.15, -0.1) is 0 Å². The second kappa shape index (κ2) is 7.20. The molecule has 1 aliphatic rings. The predicted octanol–water partition coefficient (Wildman–Crippen LogP) is 5.99. The van der Waals surface area contributed by atoms with Crippen LogP contribution < -0.4 is 4.90 Å². The number of fused-ring (bicyclic) bond motifs is 1. The first-order valence-corrected chi connectivity index (χ1v) is 9.22. The van der Waals surface area contributed by atoms with E-state index in [1.165, 1.54) is 16.8 Å². The van der Waals surface area contributed by atoms with Gasteiger partial charge >= 0.3 is 0 Å². The summed E-state index contributed by atoms with van der Waals surface area (Å²) in [6.45, 7) is 4.23. The largest absolute Gasteiger partial charge is 0.332 e. The molecule has 0 aromatic heterocycles. The molecule has 4 rings (SSSR count). The average molecular weight is 353 g/mol. The van der Waals surface area contributed by atoms with Crippen molar-refractivity contribution >= 4 is 28.6 Å². The smallest absolute Gasteiger partial charge is 0.115 e. The van der Waals surface area contributed by atoms with E-state index in [1.807, 2.05) is 24.3 Å². The van der Waals surface area contributed by atoms with Crippen LogP contribution in [0.5, 0.6) is 0 Å². The van der Waals surface area contributed by atoms with Crippen LogP contribution in [0.1, 0.15) is 23.1 Å². The summed E-state index contributed by atoms with van der Waals surface area (Å²) in [4.78, 5) is 12.1. The Balaban J connectivity index is 1.81. The molecular weight excluding hydrogens is 330 g/mol. The zero-order valence-corrected chi connectivity index (χ0v) is 16.0. The maximum atomic E-state index is 4.98. The molecule has 0 radical (unpaired) electrons. The molecule has 134 valence electrons. The van der Waals surface area contributed by atoms with Gasteiger partial charge in [-0.3, -0.25) is 4.99 Å². The second-order valence-electron chi connectivity index (χ2n) is 6.96. The Bertz CT molecular complexity index is 1030. The molecule has 0 amide bonds. The molecule has 0 aliphatic carbocycles. The van der Waals surface area contributed by atoms with Crippen molar-refractivity contribution in [1.82, 2.24) is 0 Å². The molecule has 0 spiro atoms. The van der Waals surface area contributed by atoms with Crippen LogP contribution in [0.4, 0.5) is 17.1 Å². The summed E-state index contributed by atoms with van der Waals surface area (Å²) in [7, 11) is 2.09. The third-order valence-corrected chi connectivity index (χ3v) is 4.96. The number of hydrogen-bond donors (Lipinski definition) is 0. The Hall–Kier alpha value is -3.20. The van der Waals surface area contributed by atoms with E-state index < -0.39 is 0 Å². The van der Waals surface area contributed by atoms with Gasteiger partial charge in [0, 0.05) is 19.2 Å². The lowest BCUT2D eigenvalue weighted by molar-refractivity contribution is 1.19. The fraction of sp³-hybridized carbons (Fsp3) is 0.167. The van der Waals surface area contributed by atoms with Gasteiger partial charge in [0.05, 0.1) is 17.1 Å². The fourth-order valence-corrected chi connectivity index (χ4v) is 3.35. The first kappa shape index (κ1) is 17.2. The van der Waals surface area contributed by atoms with E-state index in [1.54, 1.807) is 0 Å². The molecule has 0 unspecified atom stereocenters. The van der Waals surface area contributed by atoms with Gasteiger partial charge in [-0.1, -0.05) is 60.2 Å². The molecule has 3 aromatic rings. The summed E-state index contributed by atoms with van der Waals surface area (Å²) in [6.07, 6.45) is 0.683. The van der Waals surface area contributed by atoms with E-state index in [0.29, 0.717) is 6.42 Å². The number of hydrogen-bond acceptors (Lipinski definition) is 3. The summed E-state index contributed by atoms with van der Waals surface area (Å²) < 4.78 is 0. The number of benzene rings is 3. The number of aliphatic imine (C=N–C) groups is 2. The topological polar surface area (TPSA) is 28.0 Å². The molecule has 1 aliphatic heterocycles. The number of aryl methyl sites for hydroxylation is 2. The van der Waals surface area contributed by atoms with E-state index in [0.717, 1.165) is 28.5 Å².